The lowest BCUT2D eigenvalue weighted by molar-refractivity contribution is -0.359. The van der Waals surface area contributed by atoms with Crippen molar-refractivity contribution in [1.29, 1.82) is 0 Å². The zero-order valence-corrected chi connectivity index (χ0v) is 10.6. The number of para-hydroxylation sites is 1. The predicted octanol–water partition coefficient (Wildman–Crippen LogP) is 1.47. The number of nitrogens with two attached hydrogens (primary N) is 1. The molecule has 1 unspecified atom stereocenters. The first kappa shape index (κ1) is 13.3. The van der Waals surface area contributed by atoms with Crippen LogP contribution in [0.5, 0.6) is 0 Å². The van der Waals surface area contributed by atoms with Crippen molar-refractivity contribution in [3.63, 3.8) is 0 Å². The second-order valence-electron chi connectivity index (χ2n) is 4.21. The Kier molecular flexibility index (Phi) is 4.21. The summed E-state index contributed by atoms with van der Waals surface area (Å²) in [6.07, 6.45) is -0.464. The first-order chi connectivity index (χ1) is 8.33. The van der Waals surface area contributed by atoms with Crippen LogP contribution in [0.25, 0.3) is 10.9 Å². The molecule has 18 heavy (non-hydrogen) atoms. The molecule has 0 aliphatic carbocycles. The molecule has 98 valence electrons. The summed E-state index contributed by atoms with van der Waals surface area (Å²) in [5.74, 6) is 0. The highest BCUT2D eigenvalue weighted by Gasteiger charge is 2.20. The van der Waals surface area contributed by atoms with E-state index in [0.717, 1.165) is 29.7 Å². The van der Waals surface area contributed by atoms with E-state index in [1.807, 2.05) is 30.3 Å². The molecule has 3 rings (SSSR count). The summed E-state index contributed by atoms with van der Waals surface area (Å²) in [7, 11) is 0. The molecule has 6 heteroatoms. The van der Waals surface area contributed by atoms with E-state index >= 15 is 0 Å². The van der Waals surface area contributed by atoms with E-state index < -0.39 is 6.23 Å². The molecule has 4 N–H and O–H groups in total. The lowest BCUT2D eigenvalue weighted by Gasteiger charge is -2.26. The Hall–Kier alpha value is -1.11. The molecule has 1 saturated heterocycles. The maximum absolute atomic E-state index is 5.89. The minimum atomic E-state index is -0.581. The number of rotatable bonds is 4. The third-order valence-corrected chi connectivity index (χ3v) is 2.90. The van der Waals surface area contributed by atoms with Gasteiger partial charge >= 0.3 is 0 Å². The molecule has 0 radical (unpaired) electrons. The van der Waals surface area contributed by atoms with Gasteiger partial charge in [0.2, 0.25) is 0 Å². The van der Waals surface area contributed by atoms with E-state index in [0.29, 0.717) is 0 Å². The Morgan fingerprint density at radius 1 is 1.28 bits per heavy atom. The van der Waals surface area contributed by atoms with Crippen LogP contribution in [0.2, 0.25) is 0 Å². The smallest absolute Gasteiger partial charge is 0.181 e. The van der Waals surface area contributed by atoms with Crippen LogP contribution in [0.4, 0.5) is 0 Å². The van der Waals surface area contributed by atoms with Crippen molar-refractivity contribution < 1.29 is 9.78 Å². The van der Waals surface area contributed by atoms with E-state index in [4.69, 9.17) is 15.5 Å². The van der Waals surface area contributed by atoms with Gasteiger partial charge in [-0.05, 0) is 17.5 Å². The zero-order chi connectivity index (χ0) is 11.7. The van der Waals surface area contributed by atoms with Crippen molar-refractivity contribution in [1.82, 2.24) is 10.3 Å². The Morgan fingerprint density at radius 3 is 2.72 bits per heavy atom. The molecular formula is C12H16ClN3O2. The molecule has 0 amide bonds. The summed E-state index contributed by atoms with van der Waals surface area (Å²) in [5, 5.41) is 4.21. The van der Waals surface area contributed by atoms with Crippen molar-refractivity contribution in [2.75, 3.05) is 13.1 Å². The van der Waals surface area contributed by atoms with Gasteiger partial charge in [-0.3, -0.25) is 5.73 Å². The van der Waals surface area contributed by atoms with Gasteiger partial charge in [0.1, 0.15) is 6.10 Å². The van der Waals surface area contributed by atoms with Crippen molar-refractivity contribution in [2.45, 2.75) is 12.3 Å². The van der Waals surface area contributed by atoms with E-state index in [-0.39, 0.29) is 18.5 Å². The number of fused-ring (bicyclic) bond motifs is 1. The lowest BCUT2D eigenvalue weighted by atomic mass is 10.2. The Balaban J connectivity index is 0.00000120. The number of halogens is 1. The summed E-state index contributed by atoms with van der Waals surface area (Å²) >= 11 is 0. The topological polar surface area (TPSA) is 72.3 Å². The largest absolute Gasteiger partial charge is 0.355 e. The molecule has 2 heterocycles. The van der Waals surface area contributed by atoms with Crippen LogP contribution in [0, 0.1) is 0 Å². The van der Waals surface area contributed by atoms with Crippen LogP contribution in [0.1, 0.15) is 11.9 Å². The summed E-state index contributed by atoms with van der Waals surface area (Å²) in [5.41, 5.74) is 7.75. The molecule has 0 spiro atoms. The molecule has 0 bridgehead atoms. The quantitative estimate of drug-likeness (QED) is 0.446. The number of hydrogen-bond donors (Lipinski definition) is 3. The fourth-order valence-corrected chi connectivity index (χ4v) is 1.77. The molecule has 1 aliphatic rings. The number of aromatic nitrogens is 1. The maximum Gasteiger partial charge on any atom is 0.181 e. The minimum absolute atomic E-state index is 0. The lowest BCUT2D eigenvalue weighted by Crippen LogP contribution is -2.48. The predicted molar refractivity (Wildman–Crippen MR) is 71.3 cm³/mol. The van der Waals surface area contributed by atoms with Gasteiger partial charge in [0, 0.05) is 18.6 Å². The van der Waals surface area contributed by atoms with Gasteiger partial charge < -0.3 is 10.3 Å². The van der Waals surface area contributed by atoms with Gasteiger partial charge in [-0.2, -0.15) is 0 Å². The molecule has 1 aliphatic heterocycles. The Labute approximate surface area is 111 Å². The van der Waals surface area contributed by atoms with Gasteiger partial charge in [0.05, 0.1) is 5.69 Å². The van der Waals surface area contributed by atoms with Crippen molar-refractivity contribution in [3.8, 4) is 0 Å². The number of nitrogens with one attached hydrogen (secondary N) is 2. The van der Waals surface area contributed by atoms with Crippen LogP contribution < -0.4 is 11.1 Å². The standard InChI is InChI=1S/C12H15N3O2.ClH/c13-12(17-16-9-6-14-7-9)11-5-8-3-1-2-4-10(8)15-11;/h1-5,9,12,14-15H,6-7,13H2;1H. The molecule has 0 saturated carbocycles. The van der Waals surface area contributed by atoms with Crippen molar-refractivity contribution in [3.05, 3.63) is 36.0 Å². The van der Waals surface area contributed by atoms with Crippen LogP contribution in [-0.4, -0.2) is 24.2 Å². The minimum Gasteiger partial charge on any atom is -0.355 e. The Bertz CT molecular complexity index is 480. The molecule has 5 nitrogen and oxygen atoms in total. The molecule has 1 aromatic heterocycles. The first-order valence-corrected chi connectivity index (χ1v) is 5.69. The van der Waals surface area contributed by atoms with Gasteiger partial charge in [-0.25, -0.2) is 9.78 Å². The molecule has 2 aromatic rings. The monoisotopic (exact) mass is 269 g/mol. The van der Waals surface area contributed by atoms with E-state index in [1.165, 1.54) is 0 Å². The van der Waals surface area contributed by atoms with Crippen LogP contribution in [0.3, 0.4) is 0 Å². The highest BCUT2D eigenvalue weighted by Crippen LogP contribution is 2.19. The molecule has 1 atom stereocenters. The molecule has 1 fully saturated rings. The normalized spacial score (nSPS) is 17.2. The highest BCUT2D eigenvalue weighted by molar-refractivity contribution is 5.85. The highest BCUT2D eigenvalue weighted by atomic mass is 35.5. The number of H-pyrrole nitrogens is 1. The van der Waals surface area contributed by atoms with Gasteiger partial charge in [-0.1, -0.05) is 18.2 Å². The average Bonchev–Trinajstić information content (AvgIpc) is 2.70. The van der Waals surface area contributed by atoms with E-state index in [1.54, 1.807) is 0 Å². The van der Waals surface area contributed by atoms with Gasteiger partial charge in [0.15, 0.2) is 6.23 Å². The van der Waals surface area contributed by atoms with Crippen molar-refractivity contribution in [2.24, 2.45) is 5.73 Å². The SMILES string of the molecule is Cl.NC(OOC1CNC1)c1cc2ccccc2[nH]1. The van der Waals surface area contributed by atoms with Crippen LogP contribution in [0.15, 0.2) is 30.3 Å². The fraction of sp³-hybridized carbons (Fsp3) is 0.333. The van der Waals surface area contributed by atoms with Crippen LogP contribution in [-0.2, 0) is 9.78 Å². The molecular weight excluding hydrogens is 254 g/mol. The third-order valence-electron chi connectivity index (χ3n) is 2.90. The second-order valence-corrected chi connectivity index (χ2v) is 4.21. The fourth-order valence-electron chi connectivity index (χ4n) is 1.77. The zero-order valence-electron chi connectivity index (χ0n) is 9.76. The third kappa shape index (κ3) is 2.66. The second kappa shape index (κ2) is 5.69. The average molecular weight is 270 g/mol. The number of hydrogen-bond acceptors (Lipinski definition) is 4. The number of benzene rings is 1. The summed E-state index contributed by atoms with van der Waals surface area (Å²) < 4.78 is 0. The van der Waals surface area contributed by atoms with Crippen molar-refractivity contribution >= 4 is 23.3 Å². The maximum atomic E-state index is 5.89. The molecule has 1 aromatic carbocycles. The van der Waals surface area contributed by atoms with Gasteiger partial charge in [0.25, 0.3) is 0 Å². The van der Waals surface area contributed by atoms with Crippen LogP contribution >= 0.6 is 12.4 Å². The number of aromatic amines is 1. The van der Waals surface area contributed by atoms with E-state index in [9.17, 15) is 0 Å². The van der Waals surface area contributed by atoms with Gasteiger partial charge in [-0.15, -0.1) is 12.4 Å². The first-order valence-electron chi connectivity index (χ1n) is 5.69. The summed E-state index contributed by atoms with van der Waals surface area (Å²) in [6.45, 7) is 1.64. The summed E-state index contributed by atoms with van der Waals surface area (Å²) in [6, 6.07) is 9.97. The van der Waals surface area contributed by atoms with E-state index in [2.05, 4.69) is 10.3 Å². The summed E-state index contributed by atoms with van der Waals surface area (Å²) in [4.78, 5) is 13.6. The Morgan fingerprint density at radius 2 is 2.06 bits per heavy atom.